The predicted octanol–water partition coefficient (Wildman–Crippen LogP) is 3.53. The first kappa shape index (κ1) is 21.8. The van der Waals surface area contributed by atoms with Gasteiger partial charge in [-0.1, -0.05) is 31.2 Å². The number of imidazole rings is 1. The van der Waals surface area contributed by atoms with E-state index < -0.39 is 5.91 Å². The molecule has 0 saturated heterocycles. The van der Waals surface area contributed by atoms with Crippen LogP contribution in [0, 0.1) is 0 Å². The number of rotatable bonds is 10. The van der Waals surface area contributed by atoms with Crippen LogP contribution in [0.25, 0.3) is 22.6 Å². The Morgan fingerprint density at radius 3 is 2.60 bits per heavy atom. The third-order valence-electron chi connectivity index (χ3n) is 4.41. The van der Waals surface area contributed by atoms with Crippen LogP contribution in [-0.2, 0) is 0 Å². The number of primary amides is 1. The smallest absolute Gasteiger partial charge is 0.269 e. The summed E-state index contributed by atoms with van der Waals surface area (Å²) in [5, 5.41) is 0.659. The van der Waals surface area contributed by atoms with Crippen molar-refractivity contribution in [3.63, 3.8) is 0 Å². The highest BCUT2D eigenvalue weighted by Crippen LogP contribution is 2.30. The number of ether oxygens (including phenoxy) is 1. The van der Waals surface area contributed by atoms with E-state index in [4.69, 9.17) is 21.2 Å². The van der Waals surface area contributed by atoms with Gasteiger partial charge >= 0.3 is 0 Å². The van der Waals surface area contributed by atoms with Crippen molar-refractivity contribution in [2.75, 3.05) is 12.4 Å². The molecule has 8 nitrogen and oxygen atoms in total. The molecular formula is C21H26N6O2S. The fourth-order valence-corrected chi connectivity index (χ4v) is 3.86. The van der Waals surface area contributed by atoms with Crippen molar-refractivity contribution in [3.05, 3.63) is 42.6 Å². The fourth-order valence-electron chi connectivity index (χ4n) is 3.08. The number of nitrogens with zero attached hydrogens (tertiary/aromatic N) is 4. The van der Waals surface area contributed by atoms with Crippen molar-refractivity contribution < 1.29 is 9.53 Å². The zero-order valence-electron chi connectivity index (χ0n) is 17.2. The molecule has 0 saturated carbocycles. The Bertz CT molecular complexity index is 1050. The molecule has 0 fully saturated rings. The van der Waals surface area contributed by atoms with Crippen LogP contribution in [-0.4, -0.2) is 37.8 Å². The average molecular weight is 427 g/mol. The molecule has 3 aromatic rings. The van der Waals surface area contributed by atoms with E-state index in [-0.39, 0.29) is 11.9 Å². The van der Waals surface area contributed by atoms with E-state index in [2.05, 4.69) is 23.5 Å². The highest BCUT2D eigenvalue weighted by atomic mass is 32.2. The van der Waals surface area contributed by atoms with Gasteiger partial charge in [-0.05, 0) is 37.6 Å². The Labute approximate surface area is 179 Å². The maximum atomic E-state index is 12.2. The Morgan fingerprint density at radius 2 is 2.00 bits per heavy atom. The molecule has 1 amide bonds. The standard InChI is InChI=1S/C21H26N6O2S/c1-4-7-15(22)27-20-17(25-21(27)30-12-5-2)16(18(23)28)24-19(26-20)13-8-10-14(11-9-13)29-6-3/h5,8-11,15H,2,4,6-7,12,22H2,1,3H3,(H2,23,28). The number of hydrogen-bond donors (Lipinski definition) is 2. The van der Waals surface area contributed by atoms with E-state index in [0.717, 1.165) is 24.2 Å². The molecule has 3 rings (SSSR count). The van der Waals surface area contributed by atoms with E-state index in [1.807, 2.05) is 35.8 Å². The summed E-state index contributed by atoms with van der Waals surface area (Å²) in [5.41, 5.74) is 13.7. The van der Waals surface area contributed by atoms with Gasteiger partial charge in [-0.3, -0.25) is 9.36 Å². The molecule has 1 aromatic carbocycles. The molecule has 1 unspecified atom stereocenters. The van der Waals surface area contributed by atoms with Gasteiger partial charge in [0.15, 0.2) is 22.3 Å². The zero-order valence-corrected chi connectivity index (χ0v) is 18.0. The maximum absolute atomic E-state index is 12.2. The van der Waals surface area contributed by atoms with Crippen molar-refractivity contribution in [1.29, 1.82) is 0 Å². The van der Waals surface area contributed by atoms with E-state index >= 15 is 0 Å². The first-order chi connectivity index (χ1) is 14.5. The number of nitrogens with two attached hydrogens (primary N) is 2. The first-order valence-corrected chi connectivity index (χ1v) is 10.8. The van der Waals surface area contributed by atoms with E-state index in [0.29, 0.717) is 34.5 Å². The van der Waals surface area contributed by atoms with Crippen LogP contribution in [0.15, 0.2) is 42.1 Å². The highest BCUT2D eigenvalue weighted by molar-refractivity contribution is 7.99. The van der Waals surface area contributed by atoms with Crippen LogP contribution < -0.4 is 16.2 Å². The molecule has 30 heavy (non-hydrogen) atoms. The van der Waals surface area contributed by atoms with Crippen LogP contribution >= 0.6 is 11.8 Å². The molecular weight excluding hydrogens is 400 g/mol. The van der Waals surface area contributed by atoms with E-state index in [1.165, 1.54) is 11.8 Å². The molecule has 4 N–H and O–H groups in total. The summed E-state index contributed by atoms with van der Waals surface area (Å²) in [5.74, 6) is 1.11. The Morgan fingerprint density at radius 1 is 1.27 bits per heavy atom. The molecule has 0 spiro atoms. The van der Waals surface area contributed by atoms with Crippen LogP contribution in [0.2, 0.25) is 0 Å². The van der Waals surface area contributed by atoms with Crippen molar-refractivity contribution >= 4 is 28.8 Å². The quantitative estimate of drug-likeness (QED) is 0.375. The molecule has 0 aliphatic rings. The van der Waals surface area contributed by atoms with Gasteiger partial charge in [-0.15, -0.1) is 6.58 Å². The topological polar surface area (TPSA) is 122 Å². The van der Waals surface area contributed by atoms with Gasteiger partial charge in [0.05, 0.1) is 12.8 Å². The second-order valence-corrected chi connectivity index (χ2v) is 7.60. The maximum Gasteiger partial charge on any atom is 0.269 e. The fraction of sp³-hybridized carbons (Fsp3) is 0.333. The SMILES string of the molecule is C=CCSc1nc2c(C(N)=O)nc(-c3ccc(OCC)cc3)nc2n1C(N)CCC. The van der Waals surface area contributed by atoms with Gasteiger partial charge in [-0.2, -0.15) is 0 Å². The minimum absolute atomic E-state index is 0.0757. The molecule has 2 aromatic heterocycles. The lowest BCUT2D eigenvalue weighted by atomic mass is 10.2. The summed E-state index contributed by atoms with van der Waals surface area (Å²) in [4.78, 5) is 25.9. The second kappa shape index (κ2) is 9.73. The molecule has 0 aliphatic carbocycles. The van der Waals surface area contributed by atoms with Crippen molar-refractivity contribution in [2.45, 2.75) is 38.0 Å². The van der Waals surface area contributed by atoms with Gasteiger partial charge in [0.2, 0.25) is 0 Å². The van der Waals surface area contributed by atoms with Gasteiger partial charge in [0, 0.05) is 11.3 Å². The molecule has 0 aliphatic heterocycles. The largest absolute Gasteiger partial charge is 0.494 e. The number of thioether (sulfide) groups is 1. The van der Waals surface area contributed by atoms with E-state index in [9.17, 15) is 4.79 Å². The molecule has 2 heterocycles. The van der Waals surface area contributed by atoms with Crippen molar-refractivity contribution in [2.24, 2.45) is 11.5 Å². The number of fused-ring (bicyclic) bond motifs is 1. The zero-order chi connectivity index (χ0) is 21.7. The Kier molecular flexibility index (Phi) is 7.07. The normalized spacial score (nSPS) is 12.1. The Hall–Kier alpha value is -2.91. The molecule has 0 bridgehead atoms. The third-order valence-corrected chi connectivity index (χ3v) is 5.36. The summed E-state index contributed by atoms with van der Waals surface area (Å²) in [7, 11) is 0. The highest BCUT2D eigenvalue weighted by Gasteiger charge is 2.23. The second-order valence-electron chi connectivity index (χ2n) is 6.61. The number of amides is 1. The number of carbonyl (C=O) groups is 1. The summed E-state index contributed by atoms with van der Waals surface area (Å²) in [6.45, 7) is 8.32. The summed E-state index contributed by atoms with van der Waals surface area (Å²) >= 11 is 1.47. The first-order valence-electron chi connectivity index (χ1n) is 9.82. The van der Waals surface area contributed by atoms with Crippen molar-refractivity contribution in [3.8, 4) is 17.1 Å². The minimum atomic E-state index is -0.663. The number of carbonyl (C=O) groups excluding carboxylic acids is 1. The minimum Gasteiger partial charge on any atom is -0.494 e. The van der Waals surface area contributed by atoms with Gasteiger partial charge in [0.25, 0.3) is 5.91 Å². The monoisotopic (exact) mass is 426 g/mol. The average Bonchev–Trinajstić information content (AvgIpc) is 3.10. The van der Waals surface area contributed by atoms with Crippen molar-refractivity contribution in [1.82, 2.24) is 19.5 Å². The van der Waals surface area contributed by atoms with Crippen LogP contribution in [0.1, 0.15) is 43.3 Å². The number of benzene rings is 1. The summed E-state index contributed by atoms with van der Waals surface area (Å²) in [6.07, 6.45) is 3.08. The lowest BCUT2D eigenvalue weighted by Gasteiger charge is -2.16. The Balaban J connectivity index is 2.21. The van der Waals surface area contributed by atoms with Gasteiger partial charge < -0.3 is 16.2 Å². The van der Waals surface area contributed by atoms with E-state index in [1.54, 1.807) is 6.08 Å². The van der Waals surface area contributed by atoms with Gasteiger partial charge in [0.1, 0.15) is 11.3 Å². The molecule has 158 valence electrons. The molecule has 9 heteroatoms. The van der Waals surface area contributed by atoms with Crippen LogP contribution in [0.3, 0.4) is 0 Å². The number of aromatic nitrogens is 4. The molecule has 0 radical (unpaired) electrons. The van der Waals surface area contributed by atoms with Crippen LogP contribution in [0.4, 0.5) is 0 Å². The lowest BCUT2D eigenvalue weighted by Crippen LogP contribution is -2.20. The summed E-state index contributed by atoms with van der Waals surface area (Å²) < 4.78 is 7.35. The summed E-state index contributed by atoms with van der Waals surface area (Å²) in [6, 6.07) is 7.36. The van der Waals surface area contributed by atoms with Crippen LogP contribution in [0.5, 0.6) is 5.75 Å². The third kappa shape index (κ3) is 4.47. The number of hydrogen-bond acceptors (Lipinski definition) is 7. The van der Waals surface area contributed by atoms with Gasteiger partial charge in [-0.25, -0.2) is 15.0 Å². The lowest BCUT2D eigenvalue weighted by molar-refractivity contribution is 0.0997. The molecule has 1 atom stereocenters. The predicted molar refractivity (Wildman–Crippen MR) is 119 cm³/mol.